The summed E-state index contributed by atoms with van der Waals surface area (Å²) in [5, 5.41) is 14.0. The van der Waals surface area contributed by atoms with Crippen molar-refractivity contribution in [2.24, 2.45) is 0 Å². The van der Waals surface area contributed by atoms with E-state index in [1.54, 1.807) is 18.7 Å². The molecule has 18 heavy (non-hydrogen) atoms. The maximum absolute atomic E-state index is 11.0. The SMILES string of the molecule is CCSCC(C)Nc1nc(Cl)nc(C)c1[N+](=O)[O-]. The molecule has 0 aromatic carbocycles. The van der Waals surface area contributed by atoms with E-state index in [1.807, 2.05) is 6.92 Å². The van der Waals surface area contributed by atoms with Crippen LogP contribution in [0.25, 0.3) is 0 Å². The zero-order chi connectivity index (χ0) is 13.7. The van der Waals surface area contributed by atoms with Crippen molar-refractivity contribution < 1.29 is 4.92 Å². The van der Waals surface area contributed by atoms with Crippen LogP contribution in [0.2, 0.25) is 5.28 Å². The molecule has 0 saturated carbocycles. The second-order valence-corrected chi connectivity index (χ2v) is 5.39. The molecular weight excluding hydrogens is 276 g/mol. The van der Waals surface area contributed by atoms with E-state index in [0.717, 1.165) is 11.5 Å². The van der Waals surface area contributed by atoms with E-state index in [1.165, 1.54) is 0 Å². The molecular formula is C10H15ClN4O2S. The average Bonchev–Trinajstić information content (AvgIpc) is 2.24. The highest BCUT2D eigenvalue weighted by Crippen LogP contribution is 2.27. The molecule has 1 rings (SSSR count). The van der Waals surface area contributed by atoms with Gasteiger partial charge in [0.1, 0.15) is 5.69 Å². The molecule has 0 amide bonds. The zero-order valence-electron chi connectivity index (χ0n) is 10.4. The summed E-state index contributed by atoms with van der Waals surface area (Å²) >= 11 is 7.47. The molecule has 8 heteroatoms. The fourth-order valence-corrected chi connectivity index (χ4v) is 2.31. The highest BCUT2D eigenvalue weighted by Gasteiger charge is 2.22. The summed E-state index contributed by atoms with van der Waals surface area (Å²) in [5.74, 6) is 2.02. The Morgan fingerprint density at radius 3 is 2.78 bits per heavy atom. The van der Waals surface area contributed by atoms with E-state index in [4.69, 9.17) is 11.6 Å². The molecule has 1 aromatic rings. The number of nitrogens with one attached hydrogen (secondary N) is 1. The van der Waals surface area contributed by atoms with Gasteiger partial charge in [-0.25, -0.2) is 4.98 Å². The predicted molar refractivity (Wildman–Crippen MR) is 74.5 cm³/mol. The van der Waals surface area contributed by atoms with Crippen LogP contribution in [-0.4, -0.2) is 32.4 Å². The Labute approximate surface area is 115 Å². The maximum Gasteiger partial charge on any atom is 0.332 e. The van der Waals surface area contributed by atoms with Gasteiger partial charge in [-0.3, -0.25) is 10.1 Å². The number of thioether (sulfide) groups is 1. The molecule has 100 valence electrons. The fourth-order valence-electron chi connectivity index (χ4n) is 1.42. The molecule has 0 bridgehead atoms. The molecule has 0 aliphatic rings. The first-order valence-corrected chi connectivity index (χ1v) is 7.01. The van der Waals surface area contributed by atoms with Crippen LogP contribution in [0, 0.1) is 17.0 Å². The van der Waals surface area contributed by atoms with E-state index in [-0.39, 0.29) is 28.5 Å². The van der Waals surface area contributed by atoms with Crippen LogP contribution >= 0.6 is 23.4 Å². The molecule has 0 saturated heterocycles. The predicted octanol–water partition coefficient (Wildman–Crippen LogP) is 2.90. The van der Waals surface area contributed by atoms with Gasteiger partial charge in [0.2, 0.25) is 11.1 Å². The molecule has 1 heterocycles. The monoisotopic (exact) mass is 290 g/mol. The van der Waals surface area contributed by atoms with Crippen LogP contribution in [0.4, 0.5) is 11.5 Å². The third-order valence-electron chi connectivity index (χ3n) is 2.17. The molecule has 1 atom stereocenters. The van der Waals surface area contributed by atoms with Crippen LogP contribution in [0.5, 0.6) is 0 Å². The van der Waals surface area contributed by atoms with Crippen molar-refractivity contribution in [1.29, 1.82) is 0 Å². The minimum Gasteiger partial charge on any atom is -0.361 e. The van der Waals surface area contributed by atoms with Gasteiger partial charge < -0.3 is 5.32 Å². The van der Waals surface area contributed by atoms with E-state index >= 15 is 0 Å². The number of aryl methyl sites for hydroxylation is 1. The Kier molecular flexibility index (Phi) is 5.61. The van der Waals surface area contributed by atoms with Gasteiger partial charge in [0.15, 0.2) is 0 Å². The minimum atomic E-state index is -0.492. The molecule has 0 fully saturated rings. The highest BCUT2D eigenvalue weighted by molar-refractivity contribution is 7.99. The average molecular weight is 291 g/mol. The lowest BCUT2D eigenvalue weighted by molar-refractivity contribution is -0.385. The number of hydrogen-bond donors (Lipinski definition) is 1. The molecule has 1 unspecified atom stereocenters. The van der Waals surface area contributed by atoms with Crippen molar-refractivity contribution in [1.82, 2.24) is 9.97 Å². The Hall–Kier alpha value is -1.08. The summed E-state index contributed by atoms with van der Waals surface area (Å²) in [5.41, 5.74) is 0.144. The Morgan fingerprint density at radius 1 is 1.56 bits per heavy atom. The fraction of sp³-hybridized carbons (Fsp3) is 0.600. The third kappa shape index (κ3) is 3.99. The van der Waals surface area contributed by atoms with Crippen molar-refractivity contribution >= 4 is 34.9 Å². The first-order valence-electron chi connectivity index (χ1n) is 5.48. The van der Waals surface area contributed by atoms with Gasteiger partial charge in [-0.2, -0.15) is 16.7 Å². The zero-order valence-corrected chi connectivity index (χ0v) is 12.0. The van der Waals surface area contributed by atoms with Gasteiger partial charge in [0.05, 0.1) is 4.92 Å². The number of anilines is 1. The van der Waals surface area contributed by atoms with Gasteiger partial charge in [-0.15, -0.1) is 0 Å². The van der Waals surface area contributed by atoms with Crippen molar-refractivity contribution in [3.63, 3.8) is 0 Å². The number of nitro groups is 1. The van der Waals surface area contributed by atoms with Crippen LogP contribution in [-0.2, 0) is 0 Å². The topological polar surface area (TPSA) is 81.0 Å². The molecule has 0 spiro atoms. The normalized spacial score (nSPS) is 12.2. The summed E-state index contributed by atoms with van der Waals surface area (Å²) in [6.45, 7) is 5.55. The smallest absolute Gasteiger partial charge is 0.332 e. The lowest BCUT2D eigenvalue weighted by Crippen LogP contribution is -2.20. The molecule has 1 aromatic heterocycles. The summed E-state index contributed by atoms with van der Waals surface area (Å²) < 4.78 is 0. The lowest BCUT2D eigenvalue weighted by Gasteiger charge is -2.14. The minimum absolute atomic E-state index is 0.0101. The Morgan fingerprint density at radius 2 is 2.22 bits per heavy atom. The first-order chi connectivity index (χ1) is 8.45. The molecule has 1 N–H and O–H groups in total. The van der Waals surface area contributed by atoms with Crippen molar-refractivity contribution in [3.8, 4) is 0 Å². The van der Waals surface area contributed by atoms with Crippen molar-refractivity contribution in [2.75, 3.05) is 16.8 Å². The molecule has 0 aliphatic heterocycles. The second-order valence-electron chi connectivity index (χ2n) is 3.74. The quantitative estimate of drug-likeness (QED) is 0.493. The first kappa shape index (κ1) is 15.0. The van der Waals surface area contributed by atoms with Gasteiger partial charge in [0.25, 0.3) is 0 Å². The van der Waals surface area contributed by atoms with Crippen molar-refractivity contribution in [2.45, 2.75) is 26.8 Å². The highest BCUT2D eigenvalue weighted by atomic mass is 35.5. The second kappa shape index (κ2) is 6.75. The molecule has 0 radical (unpaired) electrons. The maximum atomic E-state index is 11.0. The Balaban J connectivity index is 2.96. The number of halogens is 1. The summed E-state index contributed by atoms with van der Waals surface area (Å²) in [6, 6.07) is 0.0685. The van der Waals surface area contributed by atoms with Crippen LogP contribution in [0.15, 0.2) is 0 Å². The van der Waals surface area contributed by atoms with Gasteiger partial charge >= 0.3 is 5.69 Å². The van der Waals surface area contributed by atoms with Gasteiger partial charge in [-0.1, -0.05) is 6.92 Å². The van der Waals surface area contributed by atoms with Crippen LogP contribution in [0.1, 0.15) is 19.5 Å². The summed E-state index contributed by atoms with van der Waals surface area (Å²) in [6.07, 6.45) is 0. The van der Waals surface area contributed by atoms with Crippen molar-refractivity contribution in [3.05, 3.63) is 21.1 Å². The van der Waals surface area contributed by atoms with Gasteiger partial charge in [0, 0.05) is 11.8 Å². The van der Waals surface area contributed by atoms with E-state index in [0.29, 0.717) is 0 Å². The standard InChI is InChI=1S/C10H15ClN4O2S/c1-4-18-5-6(2)12-9-8(15(16)17)7(3)13-10(11)14-9/h6H,4-5H2,1-3H3,(H,12,13,14). The lowest BCUT2D eigenvalue weighted by atomic mass is 10.3. The number of hydrogen-bond acceptors (Lipinski definition) is 6. The van der Waals surface area contributed by atoms with E-state index < -0.39 is 4.92 Å². The number of aromatic nitrogens is 2. The van der Waals surface area contributed by atoms with Gasteiger partial charge in [-0.05, 0) is 31.2 Å². The van der Waals surface area contributed by atoms with E-state index in [2.05, 4.69) is 22.2 Å². The third-order valence-corrected chi connectivity index (χ3v) is 3.48. The largest absolute Gasteiger partial charge is 0.361 e. The summed E-state index contributed by atoms with van der Waals surface area (Å²) in [7, 11) is 0. The molecule has 6 nitrogen and oxygen atoms in total. The number of rotatable bonds is 6. The Bertz CT molecular complexity index is 444. The molecule has 0 aliphatic carbocycles. The van der Waals surface area contributed by atoms with Crippen LogP contribution < -0.4 is 5.32 Å². The summed E-state index contributed by atoms with van der Waals surface area (Å²) in [4.78, 5) is 18.2. The van der Waals surface area contributed by atoms with Crippen LogP contribution in [0.3, 0.4) is 0 Å². The van der Waals surface area contributed by atoms with E-state index in [9.17, 15) is 10.1 Å². The number of nitrogens with zero attached hydrogens (tertiary/aromatic N) is 3.